The average Bonchev–Trinajstić information content (AvgIpc) is 2.23. The van der Waals surface area contributed by atoms with Gasteiger partial charge in [0.05, 0.1) is 0 Å². The molecule has 0 unspecified atom stereocenters. The monoisotopic (exact) mass is 236 g/mol. The minimum atomic E-state index is 0.105. The lowest BCUT2D eigenvalue weighted by molar-refractivity contribution is 0.208. The van der Waals surface area contributed by atoms with Crippen molar-refractivity contribution in [2.75, 3.05) is 20.1 Å². The fourth-order valence-electron chi connectivity index (χ4n) is 1.98. The van der Waals surface area contributed by atoms with Crippen molar-refractivity contribution < 1.29 is 5.11 Å². The Bertz CT molecular complexity index is 374. The molecule has 1 aromatic rings. The van der Waals surface area contributed by atoms with Crippen molar-refractivity contribution in [3.05, 3.63) is 29.3 Å². The topological polar surface area (TPSA) is 49.5 Å². The fourth-order valence-corrected chi connectivity index (χ4v) is 1.98. The number of aryl methyl sites for hydroxylation is 1. The highest BCUT2D eigenvalue weighted by molar-refractivity contribution is 5.35. The smallest absolute Gasteiger partial charge is 0.120 e. The third-order valence-electron chi connectivity index (χ3n) is 2.93. The molecule has 0 atom stereocenters. The Kier molecular flexibility index (Phi) is 4.54. The molecule has 0 amide bonds. The van der Waals surface area contributed by atoms with Crippen LogP contribution in [0.15, 0.2) is 18.2 Å². The molecule has 0 aliphatic heterocycles. The van der Waals surface area contributed by atoms with Gasteiger partial charge >= 0.3 is 0 Å². The number of hydrogen-bond donors (Lipinski definition) is 2. The van der Waals surface area contributed by atoms with E-state index in [2.05, 4.69) is 25.8 Å². The highest BCUT2D eigenvalue weighted by atomic mass is 16.3. The lowest BCUT2D eigenvalue weighted by atomic mass is 9.93. The molecule has 3 nitrogen and oxygen atoms in total. The standard InChI is InChI=1S/C14H24N2O/c1-11-5-6-13(17)12(7-11)8-16(4)10-14(2,3)9-15/h5-7,17H,8-10,15H2,1-4H3. The number of benzene rings is 1. The highest BCUT2D eigenvalue weighted by Gasteiger charge is 2.18. The predicted octanol–water partition coefficient (Wildman–Crippen LogP) is 2.12. The molecular formula is C14H24N2O. The van der Waals surface area contributed by atoms with Gasteiger partial charge in [-0.15, -0.1) is 0 Å². The molecule has 0 saturated carbocycles. The number of nitrogens with zero attached hydrogens (tertiary/aromatic N) is 1. The number of aromatic hydroxyl groups is 1. The number of nitrogens with two attached hydrogens (primary N) is 1. The van der Waals surface area contributed by atoms with E-state index < -0.39 is 0 Å². The van der Waals surface area contributed by atoms with Crippen molar-refractivity contribution in [2.24, 2.45) is 11.1 Å². The molecule has 0 aliphatic rings. The summed E-state index contributed by atoms with van der Waals surface area (Å²) in [4.78, 5) is 2.20. The molecule has 0 saturated heterocycles. The van der Waals surface area contributed by atoms with Gasteiger partial charge in [0.1, 0.15) is 5.75 Å². The lowest BCUT2D eigenvalue weighted by Gasteiger charge is -2.29. The molecule has 0 radical (unpaired) electrons. The van der Waals surface area contributed by atoms with Gasteiger partial charge in [-0.3, -0.25) is 0 Å². The summed E-state index contributed by atoms with van der Waals surface area (Å²) >= 11 is 0. The molecule has 0 bridgehead atoms. The van der Waals surface area contributed by atoms with Gasteiger partial charge in [0.25, 0.3) is 0 Å². The van der Waals surface area contributed by atoms with Crippen molar-refractivity contribution in [3.8, 4) is 5.75 Å². The molecule has 1 rings (SSSR count). The summed E-state index contributed by atoms with van der Waals surface area (Å²) in [6.45, 7) is 8.66. The van der Waals surface area contributed by atoms with E-state index in [0.717, 1.165) is 18.7 Å². The van der Waals surface area contributed by atoms with Crippen molar-refractivity contribution in [1.82, 2.24) is 4.90 Å². The van der Waals surface area contributed by atoms with Gasteiger partial charge in [0, 0.05) is 18.7 Å². The quantitative estimate of drug-likeness (QED) is 0.823. The molecule has 0 fully saturated rings. The van der Waals surface area contributed by atoms with Gasteiger partial charge in [-0.2, -0.15) is 0 Å². The zero-order valence-electron chi connectivity index (χ0n) is 11.3. The Morgan fingerprint density at radius 2 is 2.00 bits per heavy atom. The normalized spacial score (nSPS) is 12.1. The van der Waals surface area contributed by atoms with E-state index in [1.165, 1.54) is 5.56 Å². The van der Waals surface area contributed by atoms with E-state index in [1.54, 1.807) is 6.07 Å². The van der Waals surface area contributed by atoms with Crippen LogP contribution in [-0.2, 0) is 6.54 Å². The predicted molar refractivity (Wildman–Crippen MR) is 72.0 cm³/mol. The Morgan fingerprint density at radius 1 is 1.35 bits per heavy atom. The summed E-state index contributed by atoms with van der Waals surface area (Å²) in [7, 11) is 2.05. The van der Waals surface area contributed by atoms with E-state index in [-0.39, 0.29) is 5.41 Å². The van der Waals surface area contributed by atoms with E-state index in [0.29, 0.717) is 12.3 Å². The van der Waals surface area contributed by atoms with Gasteiger partial charge < -0.3 is 15.7 Å². The summed E-state index contributed by atoms with van der Waals surface area (Å²) in [5, 5.41) is 9.79. The fraction of sp³-hybridized carbons (Fsp3) is 0.571. The Morgan fingerprint density at radius 3 is 2.59 bits per heavy atom. The second-order valence-electron chi connectivity index (χ2n) is 5.67. The maximum Gasteiger partial charge on any atom is 0.120 e. The third kappa shape index (κ3) is 4.36. The number of phenolic OH excluding ortho intramolecular Hbond substituents is 1. The summed E-state index contributed by atoms with van der Waals surface area (Å²) in [6, 6.07) is 5.70. The van der Waals surface area contributed by atoms with Crippen molar-refractivity contribution in [3.63, 3.8) is 0 Å². The molecular weight excluding hydrogens is 212 g/mol. The molecule has 96 valence electrons. The summed E-state index contributed by atoms with van der Waals surface area (Å²) < 4.78 is 0. The van der Waals surface area contributed by atoms with E-state index >= 15 is 0 Å². The van der Waals surface area contributed by atoms with Crippen LogP contribution >= 0.6 is 0 Å². The Hall–Kier alpha value is -1.06. The lowest BCUT2D eigenvalue weighted by Crippen LogP contribution is -2.36. The Balaban J connectivity index is 2.68. The van der Waals surface area contributed by atoms with Crippen LogP contribution in [0.5, 0.6) is 5.75 Å². The SMILES string of the molecule is Cc1ccc(O)c(CN(C)CC(C)(C)CN)c1. The molecule has 17 heavy (non-hydrogen) atoms. The van der Waals surface area contributed by atoms with Crippen molar-refractivity contribution in [2.45, 2.75) is 27.3 Å². The van der Waals surface area contributed by atoms with E-state index in [9.17, 15) is 5.11 Å². The van der Waals surface area contributed by atoms with E-state index in [1.807, 2.05) is 19.1 Å². The van der Waals surface area contributed by atoms with Crippen LogP contribution < -0.4 is 5.73 Å². The van der Waals surface area contributed by atoms with Gasteiger partial charge in [0.15, 0.2) is 0 Å². The van der Waals surface area contributed by atoms with Gasteiger partial charge in [-0.1, -0.05) is 31.5 Å². The zero-order valence-corrected chi connectivity index (χ0v) is 11.3. The maximum absolute atomic E-state index is 9.79. The van der Waals surface area contributed by atoms with Crippen LogP contribution in [0.4, 0.5) is 0 Å². The number of rotatable bonds is 5. The molecule has 3 N–H and O–H groups in total. The molecule has 3 heteroatoms. The molecule has 1 aromatic carbocycles. The first-order valence-electron chi connectivity index (χ1n) is 6.01. The second-order valence-corrected chi connectivity index (χ2v) is 5.67. The third-order valence-corrected chi connectivity index (χ3v) is 2.93. The summed E-state index contributed by atoms with van der Waals surface area (Å²) in [5.74, 6) is 0.369. The number of hydrogen-bond acceptors (Lipinski definition) is 3. The van der Waals surface area contributed by atoms with Crippen molar-refractivity contribution in [1.29, 1.82) is 0 Å². The minimum absolute atomic E-state index is 0.105. The van der Waals surface area contributed by atoms with Gasteiger partial charge in [-0.05, 0) is 32.0 Å². The van der Waals surface area contributed by atoms with Crippen LogP contribution in [0.3, 0.4) is 0 Å². The molecule has 0 aliphatic carbocycles. The molecule has 0 heterocycles. The largest absolute Gasteiger partial charge is 0.508 e. The first kappa shape index (κ1) is 14.0. The minimum Gasteiger partial charge on any atom is -0.508 e. The van der Waals surface area contributed by atoms with Crippen LogP contribution in [0.25, 0.3) is 0 Å². The van der Waals surface area contributed by atoms with Gasteiger partial charge in [0.2, 0.25) is 0 Å². The van der Waals surface area contributed by atoms with Gasteiger partial charge in [-0.25, -0.2) is 0 Å². The van der Waals surface area contributed by atoms with Crippen LogP contribution in [0, 0.1) is 12.3 Å². The van der Waals surface area contributed by atoms with E-state index in [4.69, 9.17) is 5.73 Å². The van der Waals surface area contributed by atoms with Crippen LogP contribution in [0.1, 0.15) is 25.0 Å². The maximum atomic E-state index is 9.79. The first-order valence-corrected chi connectivity index (χ1v) is 6.01. The molecule has 0 spiro atoms. The average molecular weight is 236 g/mol. The summed E-state index contributed by atoms with van der Waals surface area (Å²) in [6.07, 6.45) is 0. The zero-order chi connectivity index (χ0) is 13.1. The number of phenols is 1. The highest BCUT2D eigenvalue weighted by Crippen LogP contribution is 2.21. The van der Waals surface area contributed by atoms with Crippen LogP contribution in [-0.4, -0.2) is 30.1 Å². The Labute approximate surface area is 104 Å². The first-order chi connectivity index (χ1) is 7.84. The van der Waals surface area contributed by atoms with Crippen LogP contribution in [0.2, 0.25) is 0 Å². The van der Waals surface area contributed by atoms with Crippen molar-refractivity contribution >= 4 is 0 Å². The second kappa shape index (κ2) is 5.52. The molecule has 0 aromatic heterocycles. The summed E-state index contributed by atoms with van der Waals surface area (Å²) in [5.41, 5.74) is 7.97.